The van der Waals surface area contributed by atoms with Gasteiger partial charge < -0.3 is 19.9 Å². The van der Waals surface area contributed by atoms with Gasteiger partial charge in [-0.3, -0.25) is 9.59 Å². The quantitative estimate of drug-likeness (QED) is 0.172. The molecule has 4 aromatic rings. The zero-order chi connectivity index (χ0) is 30.2. The van der Waals surface area contributed by atoms with Gasteiger partial charge in [-0.25, -0.2) is 9.97 Å². The monoisotopic (exact) mass is 583 g/mol. The number of hydrogen-bond donors (Lipinski definition) is 1. The average molecular weight is 584 g/mol. The van der Waals surface area contributed by atoms with E-state index >= 15 is 0 Å². The van der Waals surface area contributed by atoms with Crippen LogP contribution in [0.25, 0.3) is 0 Å². The second-order valence-electron chi connectivity index (χ2n) is 10.3. The van der Waals surface area contributed by atoms with E-state index in [0.717, 1.165) is 28.2 Å². The Morgan fingerprint density at radius 2 is 1.55 bits per heavy atom. The Morgan fingerprint density at radius 3 is 2.14 bits per heavy atom. The number of ether oxygens (including phenoxy) is 1. The number of methoxy groups -OCH3 is 1. The molecule has 1 atom stereocenters. The van der Waals surface area contributed by atoms with E-state index in [-0.39, 0.29) is 24.1 Å². The van der Waals surface area contributed by atoms with Gasteiger partial charge in [-0.15, -0.1) is 0 Å². The maximum Gasteiger partial charge on any atom is 0.251 e. The molecule has 1 heterocycles. The number of carbonyl (C=O) groups is 2. The summed E-state index contributed by atoms with van der Waals surface area (Å²) >= 11 is 1.27. The molecule has 0 aliphatic heterocycles. The van der Waals surface area contributed by atoms with Crippen molar-refractivity contribution in [1.82, 2.24) is 14.9 Å². The summed E-state index contributed by atoms with van der Waals surface area (Å²) in [5.74, 6) is 0.223. The predicted octanol–water partition coefficient (Wildman–Crippen LogP) is 5.98. The normalized spacial score (nSPS) is 11.5. The SMILES string of the molecule is COc1ccc(C(C(=O)Nc2ccc(N(C)C)cc2)N(Cc2ccccc2C)C(=O)CSc2nc(C)cc(C)n2)cc1. The molecular weight excluding hydrogens is 546 g/mol. The fourth-order valence-corrected chi connectivity index (χ4v) is 5.41. The van der Waals surface area contributed by atoms with Gasteiger partial charge in [0.25, 0.3) is 5.91 Å². The van der Waals surface area contributed by atoms with Gasteiger partial charge in [0.15, 0.2) is 5.16 Å². The maximum atomic E-state index is 14.1. The Balaban J connectivity index is 1.71. The van der Waals surface area contributed by atoms with Crippen LogP contribution in [-0.4, -0.2) is 53.6 Å². The van der Waals surface area contributed by atoms with E-state index in [1.807, 2.05) is 106 Å². The largest absolute Gasteiger partial charge is 0.497 e. The first kappa shape index (κ1) is 30.6. The number of aryl methyl sites for hydroxylation is 3. The van der Waals surface area contributed by atoms with Gasteiger partial charge >= 0.3 is 0 Å². The number of carbonyl (C=O) groups excluding carboxylic acids is 2. The number of aromatic nitrogens is 2. The van der Waals surface area contributed by atoms with Crippen LogP contribution in [0.1, 0.15) is 34.1 Å². The molecule has 0 bridgehead atoms. The van der Waals surface area contributed by atoms with Crippen LogP contribution < -0.4 is 15.0 Å². The van der Waals surface area contributed by atoms with E-state index < -0.39 is 6.04 Å². The molecule has 8 nitrogen and oxygen atoms in total. The molecule has 3 aromatic carbocycles. The lowest BCUT2D eigenvalue weighted by Gasteiger charge is -2.32. The first-order valence-electron chi connectivity index (χ1n) is 13.7. The molecule has 0 spiro atoms. The Bertz CT molecular complexity index is 1500. The molecule has 2 amide bonds. The second-order valence-corrected chi connectivity index (χ2v) is 11.2. The summed E-state index contributed by atoms with van der Waals surface area (Å²) in [6.45, 7) is 6.06. The van der Waals surface area contributed by atoms with Crippen LogP contribution in [0.4, 0.5) is 11.4 Å². The minimum atomic E-state index is -0.905. The summed E-state index contributed by atoms with van der Waals surface area (Å²) in [4.78, 5) is 40.7. The van der Waals surface area contributed by atoms with Gasteiger partial charge in [-0.1, -0.05) is 48.2 Å². The lowest BCUT2D eigenvalue weighted by Crippen LogP contribution is -2.42. The van der Waals surface area contributed by atoms with E-state index in [9.17, 15) is 9.59 Å². The minimum Gasteiger partial charge on any atom is -0.497 e. The highest BCUT2D eigenvalue weighted by atomic mass is 32.2. The lowest BCUT2D eigenvalue weighted by atomic mass is 10.0. The minimum absolute atomic E-state index is 0.0756. The fourth-order valence-electron chi connectivity index (χ4n) is 4.57. The Kier molecular flexibility index (Phi) is 10.2. The third-order valence-corrected chi connectivity index (χ3v) is 7.68. The molecule has 9 heteroatoms. The summed E-state index contributed by atoms with van der Waals surface area (Å²) in [6, 6.07) is 23.7. The molecule has 218 valence electrons. The van der Waals surface area contributed by atoms with Crippen LogP contribution in [0.2, 0.25) is 0 Å². The fraction of sp³-hybridized carbons (Fsp3) is 0.273. The molecule has 0 aliphatic carbocycles. The van der Waals surface area contributed by atoms with Crippen molar-refractivity contribution in [2.45, 2.75) is 38.5 Å². The van der Waals surface area contributed by atoms with Gasteiger partial charge in [0.05, 0.1) is 12.9 Å². The van der Waals surface area contributed by atoms with Crippen LogP contribution in [0.5, 0.6) is 5.75 Å². The Labute approximate surface area is 252 Å². The molecular formula is C33H37N5O3S. The van der Waals surface area contributed by atoms with Crippen molar-refractivity contribution < 1.29 is 14.3 Å². The van der Waals surface area contributed by atoms with Gasteiger partial charge in [-0.2, -0.15) is 0 Å². The highest BCUT2D eigenvalue weighted by molar-refractivity contribution is 7.99. The number of benzene rings is 3. The molecule has 4 rings (SSSR count). The van der Waals surface area contributed by atoms with Crippen molar-refractivity contribution in [3.8, 4) is 5.75 Å². The van der Waals surface area contributed by atoms with Crippen LogP contribution in [0.3, 0.4) is 0 Å². The standard InChI is InChI=1S/C33H37N5O3S/c1-22-9-7-8-10-26(22)20-38(30(39)21-42-33-34-23(2)19-24(3)35-33)31(25-11-17-29(41-6)18-12-25)32(40)36-27-13-15-28(16-14-27)37(4)5/h7-19,31H,20-21H2,1-6H3,(H,36,40). The highest BCUT2D eigenvalue weighted by Gasteiger charge is 2.32. The third kappa shape index (κ3) is 7.88. The molecule has 0 radical (unpaired) electrons. The average Bonchev–Trinajstić information content (AvgIpc) is 2.96. The van der Waals surface area contributed by atoms with Crippen molar-refractivity contribution >= 4 is 35.0 Å². The van der Waals surface area contributed by atoms with Crippen molar-refractivity contribution in [2.75, 3.05) is 37.2 Å². The predicted molar refractivity (Wildman–Crippen MR) is 169 cm³/mol. The zero-order valence-corrected chi connectivity index (χ0v) is 25.7. The van der Waals surface area contributed by atoms with Gasteiger partial charge in [0.2, 0.25) is 5.91 Å². The first-order valence-corrected chi connectivity index (χ1v) is 14.6. The zero-order valence-electron chi connectivity index (χ0n) is 24.9. The van der Waals surface area contributed by atoms with Crippen LogP contribution in [-0.2, 0) is 16.1 Å². The summed E-state index contributed by atoms with van der Waals surface area (Å²) in [7, 11) is 5.52. The molecule has 1 N–H and O–H groups in total. The van der Waals surface area contributed by atoms with E-state index in [1.165, 1.54) is 11.8 Å². The first-order chi connectivity index (χ1) is 20.1. The smallest absolute Gasteiger partial charge is 0.251 e. The highest BCUT2D eigenvalue weighted by Crippen LogP contribution is 2.29. The third-order valence-electron chi connectivity index (χ3n) is 6.85. The van der Waals surface area contributed by atoms with E-state index in [1.54, 1.807) is 24.1 Å². The van der Waals surface area contributed by atoms with Gasteiger partial charge in [0.1, 0.15) is 11.8 Å². The number of nitrogens with zero attached hydrogens (tertiary/aromatic N) is 4. The molecule has 42 heavy (non-hydrogen) atoms. The Hall–Kier alpha value is -4.37. The molecule has 0 saturated carbocycles. The molecule has 1 unspecified atom stereocenters. The van der Waals surface area contributed by atoms with Crippen molar-refractivity contribution in [3.63, 3.8) is 0 Å². The van der Waals surface area contributed by atoms with Crippen molar-refractivity contribution in [2.24, 2.45) is 0 Å². The van der Waals surface area contributed by atoms with Gasteiger partial charge in [-0.05, 0) is 79.9 Å². The molecule has 0 aliphatic rings. The van der Waals surface area contributed by atoms with Crippen molar-refractivity contribution in [1.29, 1.82) is 0 Å². The summed E-state index contributed by atoms with van der Waals surface area (Å²) in [6.07, 6.45) is 0. The summed E-state index contributed by atoms with van der Waals surface area (Å²) in [5, 5.41) is 3.58. The van der Waals surface area contributed by atoms with E-state index in [4.69, 9.17) is 4.74 Å². The second kappa shape index (κ2) is 14.0. The topological polar surface area (TPSA) is 87.7 Å². The molecule has 0 saturated heterocycles. The number of anilines is 2. The van der Waals surface area contributed by atoms with E-state index in [2.05, 4.69) is 15.3 Å². The number of rotatable bonds is 11. The van der Waals surface area contributed by atoms with Crippen LogP contribution >= 0.6 is 11.8 Å². The number of nitrogens with one attached hydrogen (secondary N) is 1. The summed E-state index contributed by atoms with van der Waals surface area (Å²) in [5.41, 5.74) is 6.00. The number of hydrogen-bond acceptors (Lipinski definition) is 7. The van der Waals surface area contributed by atoms with Crippen molar-refractivity contribution in [3.05, 3.63) is 107 Å². The van der Waals surface area contributed by atoms with Crippen LogP contribution in [0, 0.1) is 20.8 Å². The van der Waals surface area contributed by atoms with Gasteiger partial charge in [0, 0.05) is 43.4 Å². The lowest BCUT2D eigenvalue weighted by molar-refractivity contribution is -0.137. The summed E-state index contributed by atoms with van der Waals surface area (Å²) < 4.78 is 5.36. The number of amides is 2. The molecule has 1 aromatic heterocycles. The van der Waals surface area contributed by atoms with E-state index in [0.29, 0.717) is 22.2 Å². The number of thioether (sulfide) groups is 1. The maximum absolute atomic E-state index is 14.1. The Morgan fingerprint density at radius 1 is 0.905 bits per heavy atom. The molecule has 0 fully saturated rings. The van der Waals surface area contributed by atoms with Crippen LogP contribution in [0.15, 0.2) is 84.0 Å².